The van der Waals surface area contributed by atoms with Crippen molar-refractivity contribution in [3.8, 4) is 0 Å². The van der Waals surface area contributed by atoms with Gasteiger partial charge in [0.2, 0.25) is 0 Å². The summed E-state index contributed by atoms with van der Waals surface area (Å²) in [6, 6.07) is 8.42. The molecular formula is C13H15N3. The quantitative estimate of drug-likeness (QED) is 0.789. The molecule has 0 amide bonds. The second kappa shape index (κ2) is 2.78. The maximum Gasteiger partial charge on any atom is 0.158 e. The zero-order valence-electron chi connectivity index (χ0n) is 9.24. The van der Waals surface area contributed by atoms with Crippen LogP contribution in [0.25, 0.3) is 10.9 Å². The van der Waals surface area contributed by atoms with Gasteiger partial charge in [-0.3, -0.25) is 5.10 Å². The smallest absolute Gasteiger partial charge is 0.158 e. The highest BCUT2D eigenvalue weighted by Crippen LogP contribution is 2.51. The van der Waals surface area contributed by atoms with Crippen molar-refractivity contribution in [1.29, 1.82) is 0 Å². The summed E-state index contributed by atoms with van der Waals surface area (Å²) in [5.74, 6) is 1.17. The fourth-order valence-electron chi connectivity index (χ4n) is 3.09. The van der Waals surface area contributed by atoms with Crippen molar-refractivity contribution in [2.75, 3.05) is 11.4 Å². The molecule has 0 radical (unpaired) electrons. The van der Waals surface area contributed by atoms with Crippen molar-refractivity contribution >= 4 is 16.7 Å². The molecule has 4 rings (SSSR count). The number of para-hydroxylation sites is 1. The largest absolute Gasteiger partial charge is 0.349 e. The molecule has 2 aliphatic rings. The van der Waals surface area contributed by atoms with Gasteiger partial charge in [0.1, 0.15) is 0 Å². The van der Waals surface area contributed by atoms with E-state index in [4.69, 9.17) is 0 Å². The highest BCUT2D eigenvalue weighted by atomic mass is 15.3. The first-order valence-corrected chi connectivity index (χ1v) is 6.10. The maximum absolute atomic E-state index is 4.51. The van der Waals surface area contributed by atoms with E-state index in [-0.39, 0.29) is 0 Å². The number of nitrogens with zero attached hydrogens (tertiary/aromatic N) is 2. The second-order valence-electron chi connectivity index (χ2n) is 5.07. The van der Waals surface area contributed by atoms with Gasteiger partial charge >= 0.3 is 0 Å². The Kier molecular flexibility index (Phi) is 1.50. The van der Waals surface area contributed by atoms with Crippen LogP contribution in [0.5, 0.6) is 0 Å². The topological polar surface area (TPSA) is 31.9 Å². The van der Waals surface area contributed by atoms with Gasteiger partial charge in [-0.25, -0.2) is 0 Å². The number of aromatic nitrogens is 2. The van der Waals surface area contributed by atoms with E-state index >= 15 is 0 Å². The van der Waals surface area contributed by atoms with Gasteiger partial charge in [-0.15, -0.1) is 0 Å². The van der Waals surface area contributed by atoms with Crippen molar-refractivity contribution in [1.82, 2.24) is 10.2 Å². The second-order valence-corrected chi connectivity index (χ2v) is 5.07. The van der Waals surface area contributed by atoms with Crippen LogP contribution in [0.3, 0.4) is 0 Å². The number of nitrogens with one attached hydrogen (secondary N) is 1. The summed E-state index contributed by atoms with van der Waals surface area (Å²) >= 11 is 0. The Hall–Kier alpha value is -1.51. The summed E-state index contributed by atoms with van der Waals surface area (Å²) in [6.45, 7) is 1.18. The van der Waals surface area contributed by atoms with E-state index in [1.165, 1.54) is 43.4 Å². The van der Waals surface area contributed by atoms with Crippen LogP contribution in [0, 0.1) is 0 Å². The van der Waals surface area contributed by atoms with E-state index in [0.717, 1.165) is 5.52 Å². The first kappa shape index (κ1) is 8.62. The fourth-order valence-corrected chi connectivity index (χ4v) is 3.09. The Labute approximate surface area is 94.4 Å². The molecule has 1 saturated carbocycles. The molecule has 0 unspecified atom stereocenters. The molecule has 1 aromatic carbocycles. The Balaban J connectivity index is 1.87. The molecule has 1 aliphatic carbocycles. The summed E-state index contributed by atoms with van der Waals surface area (Å²) in [5.41, 5.74) is 1.64. The standard InChI is InChI=1S/C13H15N3/c1-2-5-11-10(4-1)12(15-14-11)16-9-3-6-13(16)7-8-13/h1-2,4-5H,3,6-9H2,(H,14,15). The average molecular weight is 213 g/mol. The third-order valence-electron chi connectivity index (χ3n) is 4.13. The van der Waals surface area contributed by atoms with Crippen molar-refractivity contribution in [2.24, 2.45) is 0 Å². The predicted molar refractivity (Wildman–Crippen MR) is 64.6 cm³/mol. The highest BCUT2D eigenvalue weighted by molar-refractivity contribution is 5.90. The first-order valence-electron chi connectivity index (χ1n) is 6.10. The van der Waals surface area contributed by atoms with Crippen LogP contribution in [-0.2, 0) is 0 Å². The van der Waals surface area contributed by atoms with E-state index in [9.17, 15) is 0 Å². The van der Waals surface area contributed by atoms with E-state index in [0.29, 0.717) is 5.54 Å². The van der Waals surface area contributed by atoms with Crippen LogP contribution in [0.15, 0.2) is 24.3 Å². The highest BCUT2D eigenvalue weighted by Gasteiger charge is 2.51. The number of benzene rings is 1. The number of anilines is 1. The fraction of sp³-hybridized carbons (Fsp3) is 0.462. The molecule has 3 nitrogen and oxygen atoms in total. The third kappa shape index (κ3) is 1.01. The van der Waals surface area contributed by atoms with E-state index in [2.05, 4.69) is 39.4 Å². The normalized spacial score (nSPS) is 22.1. The Morgan fingerprint density at radius 2 is 2.06 bits per heavy atom. The van der Waals surface area contributed by atoms with Crippen molar-refractivity contribution in [3.05, 3.63) is 24.3 Å². The zero-order chi connectivity index (χ0) is 10.6. The van der Waals surface area contributed by atoms with Gasteiger partial charge in [-0.05, 0) is 37.8 Å². The van der Waals surface area contributed by atoms with Gasteiger partial charge in [0.25, 0.3) is 0 Å². The maximum atomic E-state index is 4.51. The monoisotopic (exact) mass is 213 g/mol. The lowest BCUT2D eigenvalue weighted by Gasteiger charge is -2.24. The molecule has 16 heavy (non-hydrogen) atoms. The molecule has 1 N–H and O–H groups in total. The van der Waals surface area contributed by atoms with Crippen LogP contribution >= 0.6 is 0 Å². The van der Waals surface area contributed by atoms with Gasteiger partial charge in [0.15, 0.2) is 5.82 Å². The number of hydrogen-bond donors (Lipinski definition) is 1. The van der Waals surface area contributed by atoms with Gasteiger partial charge in [-0.1, -0.05) is 12.1 Å². The van der Waals surface area contributed by atoms with Crippen molar-refractivity contribution < 1.29 is 0 Å². The summed E-state index contributed by atoms with van der Waals surface area (Å²) in [5, 5.41) is 8.93. The Morgan fingerprint density at radius 1 is 1.19 bits per heavy atom. The molecule has 0 bridgehead atoms. The molecule has 2 fully saturated rings. The molecule has 1 saturated heterocycles. The number of rotatable bonds is 1. The van der Waals surface area contributed by atoms with Gasteiger partial charge in [-0.2, -0.15) is 5.10 Å². The van der Waals surface area contributed by atoms with Crippen LogP contribution in [0.1, 0.15) is 25.7 Å². The number of aromatic amines is 1. The minimum Gasteiger partial charge on any atom is -0.349 e. The average Bonchev–Trinajstić information content (AvgIpc) is 2.79. The van der Waals surface area contributed by atoms with Crippen molar-refractivity contribution in [2.45, 2.75) is 31.2 Å². The summed E-state index contributed by atoms with van der Waals surface area (Å²) in [6.07, 6.45) is 5.39. The van der Waals surface area contributed by atoms with Gasteiger partial charge < -0.3 is 4.90 Å². The molecule has 1 spiro atoms. The van der Waals surface area contributed by atoms with Crippen LogP contribution in [-0.4, -0.2) is 22.3 Å². The number of H-pyrrole nitrogens is 1. The number of fused-ring (bicyclic) bond motifs is 1. The number of hydrogen-bond acceptors (Lipinski definition) is 2. The molecular weight excluding hydrogens is 198 g/mol. The first-order chi connectivity index (χ1) is 7.89. The van der Waals surface area contributed by atoms with Gasteiger partial charge in [0, 0.05) is 17.5 Å². The van der Waals surface area contributed by atoms with Gasteiger partial charge in [0.05, 0.1) is 5.52 Å². The molecule has 3 heteroatoms. The van der Waals surface area contributed by atoms with Crippen molar-refractivity contribution in [3.63, 3.8) is 0 Å². The van der Waals surface area contributed by atoms with E-state index in [1.54, 1.807) is 0 Å². The van der Waals surface area contributed by atoms with E-state index in [1.807, 2.05) is 0 Å². The van der Waals surface area contributed by atoms with Crippen LogP contribution in [0.2, 0.25) is 0 Å². The lowest BCUT2D eigenvalue weighted by molar-refractivity contribution is 0.664. The van der Waals surface area contributed by atoms with Crippen LogP contribution < -0.4 is 4.90 Å². The molecule has 1 aromatic heterocycles. The predicted octanol–water partition coefficient (Wildman–Crippen LogP) is 2.70. The Morgan fingerprint density at radius 3 is 2.94 bits per heavy atom. The summed E-state index contributed by atoms with van der Waals surface area (Å²) in [7, 11) is 0. The lowest BCUT2D eigenvalue weighted by atomic mass is 10.2. The Bertz CT molecular complexity index is 539. The minimum atomic E-state index is 0.484. The molecule has 2 aromatic rings. The third-order valence-corrected chi connectivity index (χ3v) is 4.13. The molecule has 1 aliphatic heterocycles. The lowest BCUT2D eigenvalue weighted by Crippen LogP contribution is -2.31. The summed E-state index contributed by atoms with van der Waals surface area (Å²) < 4.78 is 0. The SMILES string of the molecule is c1ccc2c(N3CCCC34CC4)n[nH]c2c1. The summed E-state index contributed by atoms with van der Waals surface area (Å²) in [4.78, 5) is 2.53. The minimum absolute atomic E-state index is 0.484. The molecule has 2 heterocycles. The van der Waals surface area contributed by atoms with E-state index < -0.39 is 0 Å². The zero-order valence-corrected chi connectivity index (χ0v) is 9.24. The van der Waals surface area contributed by atoms with Crippen LogP contribution in [0.4, 0.5) is 5.82 Å². The molecule has 0 atom stereocenters. The molecule has 82 valence electrons.